The molecule has 3 aromatic rings. The molecule has 30 heavy (non-hydrogen) atoms. The fraction of sp³-hybridized carbons (Fsp3) is 0.227. The summed E-state index contributed by atoms with van der Waals surface area (Å²) in [5, 5.41) is 4.85. The molecule has 1 aliphatic carbocycles. The molecule has 0 radical (unpaired) electrons. The van der Waals surface area contributed by atoms with Gasteiger partial charge >= 0.3 is 5.97 Å². The molecule has 3 N–H and O–H groups in total. The van der Waals surface area contributed by atoms with Gasteiger partial charge in [0.1, 0.15) is 16.3 Å². The van der Waals surface area contributed by atoms with Crippen molar-refractivity contribution in [3.63, 3.8) is 0 Å². The van der Waals surface area contributed by atoms with E-state index < -0.39 is 24.4 Å². The van der Waals surface area contributed by atoms with Gasteiger partial charge < -0.3 is 20.5 Å². The Morgan fingerprint density at radius 2 is 1.87 bits per heavy atom. The Labute approximate surface area is 176 Å². The Morgan fingerprint density at radius 3 is 2.57 bits per heavy atom. The molecule has 0 saturated carbocycles. The SMILES string of the molecule is COc1cc2ccccc2cc1C(=O)OCC(=O)Nc1sc2c(c1C(N)=O)CCC2. The monoisotopic (exact) mass is 424 g/mol. The first-order valence-electron chi connectivity index (χ1n) is 9.46. The van der Waals surface area contributed by atoms with Crippen LogP contribution in [0, 0.1) is 0 Å². The minimum atomic E-state index is -0.670. The van der Waals surface area contributed by atoms with Gasteiger partial charge in [0, 0.05) is 4.88 Å². The lowest BCUT2D eigenvalue weighted by Crippen LogP contribution is -2.23. The van der Waals surface area contributed by atoms with Crippen molar-refractivity contribution in [2.75, 3.05) is 19.0 Å². The third-order valence-corrected chi connectivity index (χ3v) is 6.25. The van der Waals surface area contributed by atoms with Gasteiger partial charge in [-0.15, -0.1) is 11.3 Å². The largest absolute Gasteiger partial charge is 0.496 e. The summed E-state index contributed by atoms with van der Waals surface area (Å²) in [5.74, 6) is -1.41. The number of anilines is 1. The molecule has 0 atom stereocenters. The van der Waals surface area contributed by atoms with Gasteiger partial charge in [0.05, 0.1) is 12.7 Å². The third-order valence-electron chi connectivity index (χ3n) is 5.04. The third kappa shape index (κ3) is 3.73. The summed E-state index contributed by atoms with van der Waals surface area (Å²) in [5.41, 5.74) is 7.02. The number of methoxy groups -OCH3 is 1. The lowest BCUT2D eigenvalue weighted by molar-refractivity contribution is -0.119. The second-order valence-electron chi connectivity index (χ2n) is 6.95. The highest BCUT2D eigenvalue weighted by Gasteiger charge is 2.26. The van der Waals surface area contributed by atoms with E-state index >= 15 is 0 Å². The van der Waals surface area contributed by atoms with E-state index in [2.05, 4.69) is 5.32 Å². The summed E-state index contributed by atoms with van der Waals surface area (Å²) >= 11 is 1.35. The summed E-state index contributed by atoms with van der Waals surface area (Å²) in [6.45, 7) is -0.490. The molecule has 1 aromatic heterocycles. The Hall–Kier alpha value is -3.39. The van der Waals surface area contributed by atoms with Gasteiger partial charge in [0.25, 0.3) is 11.8 Å². The summed E-state index contributed by atoms with van der Waals surface area (Å²) < 4.78 is 10.5. The van der Waals surface area contributed by atoms with Crippen LogP contribution in [0.15, 0.2) is 36.4 Å². The van der Waals surface area contributed by atoms with Crippen LogP contribution in [-0.2, 0) is 22.4 Å². The van der Waals surface area contributed by atoms with Crippen LogP contribution in [0.4, 0.5) is 5.00 Å². The number of carbonyl (C=O) groups excluding carboxylic acids is 3. The number of hydrogen-bond donors (Lipinski definition) is 2. The number of aryl methyl sites for hydroxylation is 1. The number of nitrogens with two attached hydrogens (primary N) is 1. The Balaban J connectivity index is 1.47. The molecular weight excluding hydrogens is 404 g/mol. The average Bonchev–Trinajstić information content (AvgIpc) is 3.31. The van der Waals surface area contributed by atoms with Crippen molar-refractivity contribution in [3.05, 3.63) is 58.0 Å². The molecule has 154 valence electrons. The second-order valence-corrected chi connectivity index (χ2v) is 8.05. The van der Waals surface area contributed by atoms with E-state index in [0.717, 1.165) is 40.5 Å². The van der Waals surface area contributed by atoms with E-state index in [1.807, 2.05) is 24.3 Å². The zero-order valence-corrected chi connectivity index (χ0v) is 17.1. The van der Waals surface area contributed by atoms with Crippen molar-refractivity contribution >= 4 is 44.9 Å². The first-order chi connectivity index (χ1) is 14.5. The average molecular weight is 424 g/mol. The zero-order valence-electron chi connectivity index (χ0n) is 16.3. The summed E-state index contributed by atoms with van der Waals surface area (Å²) in [6.07, 6.45) is 2.62. The maximum Gasteiger partial charge on any atom is 0.342 e. The van der Waals surface area contributed by atoms with Gasteiger partial charge in [0.2, 0.25) is 0 Å². The number of thiophene rings is 1. The molecule has 1 aliphatic rings. The number of rotatable bonds is 6. The van der Waals surface area contributed by atoms with Gasteiger partial charge in [-0.2, -0.15) is 0 Å². The summed E-state index contributed by atoms with van der Waals surface area (Å²) in [7, 11) is 1.47. The van der Waals surface area contributed by atoms with Crippen molar-refractivity contribution in [3.8, 4) is 5.75 Å². The number of ether oxygens (including phenoxy) is 2. The van der Waals surface area contributed by atoms with Gasteiger partial charge in [-0.05, 0) is 47.7 Å². The van der Waals surface area contributed by atoms with Crippen molar-refractivity contribution in [1.82, 2.24) is 0 Å². The van der Waals surface area contributed by atoms with Crippen LogP contribution < -0.4 is 15.8 Å². The summed E-state index contributed by atoms with van der Waals surface area (Å²) in [6, 6.07) is 11.0. The number of carbonyl (C=O) groups is 3. The Bertz CT molecular complexity index is 1170. The van der Waals surface area contributed by atoms with Crippen LogP contribution in [-0.4, -0.2) is 31.5 Å². The van der Waals surface area contributed by atoms with E-state index in [-0.39, 0.29) is 5.56 Å². The minimum Gasteiger partial charge on any atom is -0.496 e. The lowest BCUT2D eigenvalue weighted by atomic mass is 10.1. The van der Waals surface area contributed by atoms with E-state index in [0.29, 0.717) is 16.3 Å². The predicted octanol–water partition coefficient (Wildman–Crippen LogP) is 3.29. The number of benzene rings is 2. The van der Waals surface area contributed by atoms with Crippen LogP contribution in [0.25, 0.3) is 10.8 Å². The van der Waals surface area contributed by atoms with Gasteiger partial charge in [-0.3, -0.25) is 9.59 Å². The number of primary amides is 1. The zero-order chi connectivity index (χ0) is 21.3. The molecule has 0 aliphatic heterocycles. The molecule has 0 fully saturated rings. The van der Waals surface area contributed by atoms with Crippen LogP contribution in [0.3, 0.4) is 0 Å². The van der Waals surface area contributed by atoms with Crippen LogP contribution in [0.5, 0.6) is 5.75 Å². The van der Waals surface area contributed by atoms with Crippen LogP contribution in [0.2, 0.25) is 0 Å². The maximum absolute atomic E-state index is 12.6. The molecule has 2 amide bonds. The number of amides is 2. The molecule has 1 heterocycles. The van der Waals surface area contributed by atoms with Gasteiger partial charge in [-0.1, -0.05) is 24.3 Å². The molecule has 0 unspecified atom stereocenters. The minimum absolute atomic E-state index is 0.233. The van der Waals surface area contributed by atoms with E-state index in [1.165, 1.54) is 18.4 Å². The second kappa shape index (κ2) is 8.16. The number of esters is 1. The standard InChI is InChI=1S/C22H20N2O5S/c1-28-16-10-13-6-3-2-5-12(13)9-15(16)22(27)29-11-18(25)24-21-19(20(23)26)14-7-4-8-17(14)30-21/h2-3,5-6,9-10H,4,7-8,11H2,1H3,(H2,23,26)(H,24,25). The Morgan fingerprint density at radius 1 is 1.13 bits per heavy atom. The van der Waals surface area contributed by atoms with E-state index in [4.69, 9.17) is 15.2 Å². The first-order valence-corrected chi connectivity index (χ1v) is 10.3. The highest BCUT2D eigenvalue weighted by atomic mass is 32.1. The van der Waals surface area contributed by atoms with Gasteiger partial charge in [-0.25, -0.2) is 4.79 Å². The first kappa shape index (κ1) is 19.9. The van der Waals surface area contributed by atoms with E-state index in [1.54, 1.807) is 12.1 Å². The number of hydrogen-bond acceptors (Lipinski definition) is 6. The molecule has 0 bridgehead atoms. The quantitative estimate of drug-likeness (QED) is 0.591. The molecular formula is C22H20N2O5S. The topological polar surface area (TPSA) is 108 Å². The fourth-order valence-corrected chi connectivity index (χ4v) is 4.98. The lowest BCUT2D eigenvalue weighted by Gasteiger charge is -2.11. The van der Waals surface area contributed by atoms with Gasteiger partial charge in [0.15, 0.2) is 6.61 Å². The van der Waals surface area contributed by atoms with Crippen molar-refractivity contribution < 1.29 is 23.9 Å². The predicted molar refractivity (Wildman–Crippen MR) is 114 cm³/mol. The van der Waals surface area contributed by atoms with E-state index in [9.17, 15) is 14.4 Å². The molecule has 4 rings (SSSR count). The van der Waals surface area contributed by atoms with Crippen LogP contribution in [0.1, 0.15) is 37.6 Å². The maximum atomic E-state index is 12.6. The molecule has 8 heteroatoms. The molecule has 2 aromatic carbocycles. The van der Waals surface area contributed by atoms with Crippen LogP contribution >= 0.6 is 11.3 Å². The molecule has 0 saturated heterocycles. The number of nitrogens with one attached hydrogen (secondary N) is 1. The van der Waals surface area contributed by atoms with Crippen molar-refractivity contribution in [2.45, 2.75) is 19.3 Å². The number of fused-ring (bicyclic) bond motifs is 2. The molecule has 7 nitrogen and oxygen atoms in total. The van der Waals surface area contributed by atoms with Crippen molar-refractivity contribution in [1.29, 1.82) is 0 Å². The Kier molecular flexibility index (Phi) is 5.41. The molecule has 0 spiro atoms. The highest BCUT2D eigenvalue weighted by molar-refractivity contribution is 7.17. The fourth-order valence-electron chi connectivity index (χ4n) is 3.67. The summed E-state index contributed by atoms with van der Waals surface area (Å²) in [4.78, 5) is 37.8. The highest BCUT2D eigenvalue weighted by Crippen LogP contribution is 2.38. The normalized spacial score (nSPS) is 12.4. The smallest absolute Gasteiger partial charge is 0.342 e. The van der Waals surface area contributed by atoms with Crippen molar-refractivity contribution in [2.24, 2.45) is 5.73 Å².